The highest BCUT2D eigenvalue weighted by atomic mass is 127. The van der Waals surface area contributed by atoms with Gasteiger partial charge in [0, 0.05) is 36.7 Å². The summed E-state index contributed by atoms with van der Waals surface area (Å²) in [4.78, 5) is 14.5. The van der Waals surface area contributed by atoms with Crippen molar-refractivity contribution in [2.75, 3.05) is 31.1 Å². The van der Waals surface area contributed by atoms with Crippen LogP contribution in [0.3, 0.4) is 0 Å². The van der Waals surface area contributed by atoms with E-state index in [9.17, 15) is 4.39 Å². The third-order valence-corrected chi connectivity index (χ3v) is 5.30. The number of guanidine groups is 1. The number of aromatic nitrogens is 1. The molecule has 1 aromatic carbocycles. The van der Waals surface area contributed by atoms with E-state index in [1.165, 1.54) is 17.0 Å². The lowest BCUT2D eigenvalue weighted by molar-refractivity contribution is 0.380. The first-order chi connectivity index (χ1) is 11.5. The molecule has 2 heterocycles. The number of aliphatic imine (C=N–C) groups is 1. The Morgan fingerprint density at radius 2 is 1.84 bits per heavy atom. The molecule has 0 spiro atoms. The Balaban J connectivity index is 0.00000225. The molecule has 0 amide bonds. The quantitative estimate of drug-likeness (QED) is 0.421. The van der Waals surface area contributed by atoms with Crippen LogP contribution in [0.4, 0.5) is 10.1 Å². The summed E-state index contributed by atoms with van der Waals surface area (Å²) in [6.45, 7) is 7.92. The maximum atomic E-state index is 13.0. The predicted molar refractivity (Wildman–Crippen MR) is 113 cm³/mol. The third kappa shape index (κ3) is 5.04. The summed E-state index contributed by atoms with van der Waals surface area (Å²) in [5.74, 6) is 0.362. The van der Waals surface area contributed by atoms with Gasteiger partial charge in [0.05, 0.1) is 12.2 Å². The van der Waals surface area contributed by atoms with Gasteiger partial charge < -0.3 is 15.5 Å². The smallest absolute Gasteiger partial charge is 0.191 e. The summed E-state index contributed by atoms with van der Waals surface area (Å²) < 4.78 is 13.0. The fraction of sp³-hybridized carbons (Fsp3) is 0.412. The largest absolute Gasteiger partial charge is 0.370 e. The average Bonchev–Trinajstić information content (AvgIpc) is 2.92. The minimum absolute atomic E-state index is 0. The normalized spacial score (nSPS) is 15.2. The Labute approximate surface area is 168 Å². The lowest BCUT2D eigenvalue weighted by Gasteiger charge is -2.36. The van der Waals surface area contributed by atoms with Crippen LogP contribution in [0.15, 0.2) is 29.3 Å². The highest BCUT2D eigenvalue weighted by molar-refractivity contribution is 14.0. The van der Waals surface area contributed by atoms with Gasteiger partial charge in [0.1, 0.15) is 10.8 Å². The second kappa shape index (κ2) is 8.79. The Hall–Kier alpha value is -1.42. The number of piperazine rings is 1. The summed E-state index contributed by atoms with van der Waals surface area (Å²) >= 11 is 1.67. The van der Waals surface area contributed by atoms with Gasteiger partial charge in [0.15, 0.2) is 5.96 Å². The molecule has 25 heavy (non-hydrogen) atoms. The van der Waals surface area contributed by atoms with Crippen LogP contribution in [0.5, 0.6) is 0 Å². The minimum Gasteiger partial charge on any atom is -0.370 e. The van der Waals surface area contributed by atoms with Gasteiger partial charge in [-0.05, 0) is 38.1 Å². The van der Waals surface area contributed by atoms with Crippen LogP contribution in [-0.4, -0.2) is 42.0 Å². The molecule has 1 aromatic heterocycles. The van der Waals surface area contributed by atoms with Gasteiger partial charge in [-0.3, -0.25) is 0 Å². The van der Waals surface area contributed by atoms with Crippen molar-refractivity contribution in [3.63, 3.8) is 0 Å². The molecule has 0 bridgehead atoms. The molecule has 2 N–H and O–H groups in total. The second-order valence-corrected chi connectivity index (χ2v) is 7.16. The number of aryl methyl sites for hydroxylation is 2. The van der Waals surface area contributed by atoms with Crippen molar-refractivity contribution in [2.45, 2.75) is 20.4 Å². The summed E-state index contributed by atoms with van der Waals surface area (Å²) in [5.41, 5.74) is 8.24. The molecule has 0 radical (unpaired) electrons. The van der Waals surface area contributed by atoms with Gasteiger partial charge in [-0.25, -0.2) is 14.4 Å². The van der Waals surface area contributed by atoms with Crippen molar-refractivity contribution in [2.24, 2.45) is 10.7 Å². The molecule has 3 rings (SSSR count). The maximum Gasteiger partial charge on any atom is 0.191 e. The fourth-order valence-electron chi connectivity index (χ4n) is 2.70. The summed E-state index contributed by atoms with van der Waals surface area (Å²) in [5, 5.41) is 0.998. The number of thiazole rings is 1. The summed E-state index contributed by atoms with van der Waals surface area (Å²) in [6, 6.07) is 6.62. The molecule has 0 aliphatic carbocycles. The molecule has 0 saturated carbocycles. The topological polar surface area (TPSA) is 57.8 Å². The van der Waals surface area contributed by atoms with E-state index in [1.54, 1.807) is 11.3 Å². The van der Waals surface area contributed by atoms with Gasteiger partial charge in [0.2, 0.25) is 0 Å². The van der Waals surface area contributed by atoms with Crippen LogP contribution >= 0.6 is 35.3 Å². The van der Waals surface area contributed by atoms with E-state index in [-0.39, 0.29) is 29.8 Å². The molecular weight excluding hydrogens is 452 g/mol. The Bertz CT molecular complexity index is 704. The lowest BCUT2D eigenvalue weighted by Crippen LogP contribution is -2.51. The van der Waals surface area contributed by atoms with Crippen LogP contribution in [0, 0.1) is 19.7 Å². The highest BCUT2D eigenvalue weighted by Crippen LogP contribution is 2.18. The van der Waals surface area contributed by atoms with Crippen LogP contribution in [0.2, 0.25) is 0 Å². The fourth-order valence-corrected chi connectivity index (χ4v) is 3.56. The van der Waals surface area contributed by atoms with Gasteiger partial charge in [-0.2, -0.15) is 0 Å². The van der Waals surface area contributed by atoms with Crippen molar-refractivity contribution in [1.82, 2.24) is 9.88 Å². The van der Waals surface area contributed by atoms with Crippen LogP contribution in [0.25, 0.3) is 0 Å². The minimum atomic E-state index is -0.207. The zero-order valence-electron chi connectivity index (χ0n) is 14.4. The first-order valence-corrected chi connectivity index (χ1v) is 8.83. The molecule has 2 aromatic rings. The van der Waals surface area contributed by atoms with E-state index in [2.05, 4.69) is 26.7 Å². The van der Waals surface area contributed by atoms with E-state index in [4.69, 9.17) is 5.73 Å². The highest BCUT2D eigenvalue weighted by Gasteiger charge is 2.18. The molecule has 136 valence electrons. The number of anilines is 1. The molecular formula is C17H23FIN5S. The molecule has 5 nitrogen and oxygen atoms in total. The average molecular weight is 475 g/mol. The molecule has 1 aliphatic heterocycles. The summed E-state index contributed by atoms with van der Waals surface area (Å²) in [6.07, 6.45) is 0. The number of hydrogen-bond acceptors (Lipinski definition) is 4. The SMILES string of the molecule is Cc1nc(CN=C(N)N2CCN(c3ccc(F)cc3)CC2)sc1C.I. The number of nitrogens with two attached hydrogens (primary N) is 1. The van der Waals surface area contributed by atoms with Gasteiger partial charge in [-0.15, -0.1) is 35.3 Å². The first kappa shape index (κ1) is 19.9. The van der Waals surface area contributed by atoms with Crippen molar-refractivity contribution < 1.29 is 4.39 Å². The van der Waals surface area contributed by atoms with Gasteiger partial charge >= 0.3 is 0 Å². The predicted octanol–water partition coefficient (Wildman–Crippen LogP) is 3.15. The number of halogens is 2. The van der Waals surface area contributed by atoms with E-state index in [0.29, 0.717) is 12.5 Å². The molecule has 0 atom stereocenters. The molecule has 1 aliphatic rings. The molecule has 8 heteroatoms. The molecule has 0 unspecified atom stereocenters. The number of hydrogen-bond donors (Lipinski definition) is 1. The molecule has 1 fully saturated rings. The van der Waals surface area contributed by atoms with Crippen molar-refractivity contribution in [3.8, 4) is 0 Å². The summed E-state index contributed by atoms with van der Waals surface area (Å²) in [7, 11) is 0. The van der Waals surface area contributed by atoms with Gasteiger partial charge in [-0.1, -0.05) is 0 Å². The lowest BCUT2D eigenvalue weighted by atomic mass is 10.2. The zero-order valence-corrected chi connectivity index (χ0v) is 17.6. The second-order valence-electron chi connectivity index (χ2n) is 5.87. The third-order valence-electron chi connectivity index (χ3n) is 4.24. The Morgan fingerprint density at radius 3 is 2.40 bits per heavy atom. The number of nitrogens with zero attached hydrogens (tertiary/aromatic N) is 4. The Kier molecular flexibility index (Phi) is 7.00. The van der Waals surface area contributed by atoms with Crippen molar-refractivity contribution in [3.05, 3.63) is 45.7 Å². The Morgan fingerprint density at radius 1 is 1.20 bits per heavy atom. The van der Waals surface area contributed by atoms with Crippen LogP contribution in [0.1, 0.15) is 15.6 Å². The monoisotopic (exact) mass is 475 g/mol. The zero-order chi connectivity index (χ0) is 17.1. The van der Waals surface area contributed by atoms with Crippen molar-refractivity contribution in [1.29, 1.82) is 0 Å². The van der Waals surface area contributed by atoms with E-state index in [0.717, 1.165) is 42.6 Å². The van der Waals surface area contributed by atoms with Gasteiger partial charge in [0.25, 0.3) is 0 Å². The number of benzene rings is 1. The first-order valence-electron chi connectivity index (χ1n) is 8.01. The van der Waals surface area contributed by atoms with Crippen LogP contribution in [-0.2, 0) is 6.54 Å². The van der Waals surface area contributed by atoms with E-state index < -0.39 is 0 Å². The van der Waals surface area contributed by atoms with E-state index >= 15 is 0 Å². The maximum absolute atomic E-state index is 13.0. The van der Waals surface area contributed by atoms with Crippen LogP contribution < -0.4 is 10.6 Å². The molecule has 1 saturated heterocycles. The van der Waals surface area contributed by atoms with Crippen molar-refractivity contribution >= 4 is 47.0 Å². The standard InChI is InChI=1S/C17H22FN5S.HI/c1-12-13(2)24-16(21-12)11-20-17(19)23-9-7-22(8-10-23)15-5-3-14(18)4-6-15;/h3-6H,7-11H2,1-2H3,(H2,19,20);1H. The number of rotatable bonds is 3. The van der Waals surface area contributed by atoms with E-state index in [1.807, 2.05) is 19.1 Å².